The predicted molar refractivity (Wildman–Crippen MR) is 181 cm³/mol. The summed E-state index contributed by atoms with van der Waals surface area (Å²) in [7, 11) is 1.81. The number of amides is 3. The molecule has 2 N–H and O–H groups in total. The first kappa shape index (κ1) is 32.5. The van der Waals surface area contributed by atoms with Gasteiger partial charge in [-0.1, -0.05) is 107 Å². The molecule has 6 heteroatoms. The molecule has 3 aromatic carbocycles. The molecule has 1 atom stereocenters. The Kier molecular flexibility index (Phi) is 9.25. The Morgan fingerprint density at radius 3 is 1.96 bits per heavy atom. The van der Waals surface area contributed by atoms with Gasteiger partial charge in [0.1, 0.15) is 6.04 Å². The first-order valence-electron chi connectivity index (χ1n) is 16.5. The molecule has 2 bridgehead atoms. The van der Waals surface area contributed by atoms with Gasteiger partial charge in [0, 0.05) is 30.1 Å². The van der Waals surface area contributed by atoms with Gasteiger partial charge in [-0.05, 0) is 78.2 Å². The second-order valence-corrected chi connectivity index (χ2v) is 14.8. The Hall–Kier alpha value is -3.93. The SMILES string of the molecule is CC(C)CN(C)C(=O)[C@@H](NC(=O)C12CCC(NC(=O)c3ccccc3-c3ccc(C(C)(C)C)cc3)(CC1)CC2)c1ccccc1. The number of hydrogen-bond donors (Lipinski definition) is 2. The summed E-state index contributed by atoms with van der Waals surface area (Å²) in [5.41, 5.74) is 3.88. The molecule has 3 amide bonds. The van der Waals surface area contributed by atoms with Crippen molar-refractivity contribution in [3.8, 4) is 11.1 Å². The van der Waals surface area contributed by atoms with Crippen LogP contribution in [0.15, 0.2) is 78.9 Å². The van der Waals surface area contributed by atoms with E-state index in [0.29, 0.717) is 37.3 Å². The zero-order chi connectivity index (χ0) is 32.4. The van der Waals surface area contributed by atoms with Gasteiger partial charge in [-0.15, -0.1) is 0 Å². The van der Waals surface area contributed by atoms with Crippen LogP contribution in [0.25, 0.3) is 11.1 Å². The predicted octanol–water partition coefficient (Wildman–Crippen LogP) is 7.45. The molecule has 0 spiro atoms. The normalized spacial score (nSPS) is 21.7. The number of benzene rings is 3. The van der Waals surface area contributed by atoms with Gasteiger partial charge in [0.2, 0.25) is 11.8 Å². The molecule has 238 valence electrons. The quantitative estimate of drug-likeness (QED) is 0.265. The molecule has 0 saturated heterocycles. The zero-order valence-corrected chi connectivity index (χ0v) is 27.8. The molecule has 0 radical (unpaired) electrons. The number of carbonyl (C=O) groups is 3. The van der Waals surface area contributed by atoms with E-state index < -0.39 is 11.5 Å². The van der Waals surface area contributed by atoms with Gasteiger partial charge in [0.15, 0.2) is 0 Å². The molecular formula is C39H49N3O3. The lowest BCUT2D eigenvalue weighted by atomic mass is 9.56. The van der Waals surface area contributed by atoms with E-state index in [4.69, 9.17) is 0 Å². The van der Waals surface area contributed by atoms with E-state index >= 15 is 0 Å². The van der Waals surface area contributed by atoms with Crippen molar-refractivity contribution < 1.29 is 14.4 Å². The molecule has 3 aliphatic carbocycles. The van der Waals surface area contributed by atoms with Gasteiger partial charge in [-0.3, -0.25) is 14.4 Å². The molecule has 3 saturated carbocycles. The fourth-order valence-electron chi connectivity index (χ4n) is 7.18. The van der Waals surface area contributed by atoms with E-state index in [9.17, 15) is 14.4 Å². The van der Waals surface area contributed by atoms with Crippen LogP contribution in [-0.2, 0) is 15.0 Å². The van der Waals surface area contributed by atoms with E-state index in [2.05, 4.69) is 69.5 Å². The van der Waals surface area contributed by atoms with Crippen molar-refractivity contribution in [2.75, 3.05) is 13.6 Å². The van der Waals surface area contributed by atoms with Crippen LogP contribution in [0.1, 0.15) is 101 Å². The fraction of sp³-hybridized carbons (Fsp3) is 0.462. The number of nitrogens with zero attached hydrogens (tertiary/aromatic N) is 1. The highest BCUT2D eigenvalue weighted by molar-refractivity contribution is 6.01. The smallest absolute Gasteiger partial charge is 0.252 e. The monoisotopic (exact) mass is 607 g/mol. The summed E-state index contributed by atoms with van der Waals surface area (Å²) in [4.78, 5) is 43.1. The third-order valence-corrected chi connectivity index (χ3v) is 10.0. The van der Waals surface area contributed by atoms with Crippen molar-refractivity contribution in [1.29, 1.82) is 0 Å². The minimum absolute atomic E-state index is 0.0497. The van der Waals surface area contributed by atoms with Crippen LogP contribution in [0, 0.1) is 11.3 Å². The van der Waals surface area contributed by atoms with Crippen molar-refractivity contribution in [3.63, 3.8) is 0 Å². The van der Waals surface area contributed by atoms with E-state index in [1.54, 1.807) is 11.9 Å². The summed E-state index contributed by atoms with van der Waals surface area (Å²) < 4.78 is 0. The standard InChI is InChI=1S/C39H49N3O3/c1-27(2)26-42(6)35(44)33(29-12-8-7-9-13-29)40-36(45)38-20-23-39(24-21-38,25-22-38)41-34(43)32-15-11-10-14-31(32)28-16-18-30(19-17-28)37(3,4)5/h7-19,27,33H,20-26H2,1-6H3,(H,40,45)(H,41,43)/t33-,38?,39?/m0/s1. The first-order chi connectivity index (χ1) is 21.3. The molecule has 6 rings (SSSR count). The zero-order valence-electron chi connectivity index (χ0n) is 27.8. The summed E-state index contributed by atoms with van der Waals surface area (Å²) in [6.45, 7) is 11.4. The Labute approximate surface area is 269 Å². The minimum Gasteiger partial charge on any atom is -0.347 e. The highest BCUT2D eigenvalue weighted by Crippen LogP contribution is 2.53. The molecule has 3 aliphatic rings. The number of nitrogens with one attached hydrogen (secondary N) is 2. The Morgan fingerprint density at radius 2 is 1.38 bits per heavy atom. The van der Waals surface area contributed by atoms with Crippen molar-refractivity contribution in [2.45, 2.75) is 90.1 Å². The number of likely N-dealkylation sites (N-methyl/N-ethyl adjacent to an activating group) is 1. The Morgan fingerprint density at radius 1 is 0.800 bits per heavy atom. The van der Waals surface area contributed by atoms with Gasteiger partial charge in [-0.25, -0.2) is 0 Å². The number of fused-ring (bicyclic) bond motifs is 3. The van der Waals surface area contributed by atoms with Crippen LogP contribution in [0.3, 0.4) is 0 Å². The summed E-state index contributed by atoms with van der Waals surface area (Å²) in [6, 6.07) is 25.1. The summed E-state index contributed by atoms with van der Waals surface area (Å²) >= 11 is 0. The van der Waals surface area contributed by atoms with Crippen LogP contribution >= 0.6 is 0 Å². The van der Waals surface area contributed by atoms with Crippen LogP contribution in [0.2, 0.25) is 0 Å². The average molecular weight is 608 g/mol. The van der Waals surface area contributed by atoms with Crippen LogP contribution in [-0.4, -0.2) is 41.8 Å². The molecular weight excluding hydrogens is 558 g/mol. The number of rotatable bonds is 9. The maximum Gasteiger partial charge on any atom is 0.252 e. The van der Waals surface area contributed by atoms with Crippen molar-refractivity contribution in [1.82, 2.24) is 15.5 Å². The average Bonchev–Trinajstić information content (AvgIpc) is 3.03. The molecule has 0 aromatic heterocycles. The lowest BCUT2D eigenvalue weighted by Crippen LogP contribution is -2.60. The van der Waals surface area contributed by atoms with E-state index in [-0.39, 0.29) is 28.7 Å². The number of carbonyl (C=O) groups excluding carboxylic acids is 3. The third-order valence-electron chi connectivity index (χ3n) is 10.0. The van der Waals surface area contributed by atoms with Gasteiger partial charge in [0.05, 0.1) is 0 Å². The summed E-state index contributed by atoms with van der Waals surface area (Å²) in [5.74, 6) is 0.115. The summed E-state index contributed by atoms with van der Waals surface area (Å²) in [5, 5.41) is 6.60. The molecule has 6 nitrogen and oxygen atoms in total. The highest BCUT2D eigenvalue weighted by Gasteiger charge is 2.53. The Bertz CT molecular complexity index is 1500. The molecule has 45 heavy (non-hydrogen) atoms. The molecule has 0 heterocycles. The van der Waals surface area contributed by atoms with Gasteiger partial charge in [-0.2, -0.15) is 0 Å². The van der Waals surface area contributed by atoms with Gasteiger partial charge >= 0.3 is 0 Å². The molecule has 0 unspecified atom stereocenters. The van der Waals surface area contributed by atoms with Gasteiger partial charge in [0.25, 0.3) is 5.91 Å². The van der Waals surface area contributed by atoms with E-state index in [1.807, 2.05) is 54.6 Å². The highest BCUT2D eigenvalue weighted by atomic mass is 16.2. The lowest BCUT2D eigenvalue weighted by Gasteiger charge is -2.52. The largest absolute Gasteiger partial charge is 0.347 e. The van der Waals surface area contributed by atoms with Gasteiger partial charge < -0.3 is 15.5 Å². The third kappa shape index (κ3) is 7.00. The van der Waals surface area contributed by atoms with Crippen molar-refractivity contribution in [2.24, 2.45) is 11.3 Å². The van der Waals surface area contributed by atoms with E-state index in [1.165, 1.54) is 5.56 Å². The minimum atomic E-state index is -0.723. The van der Waals surface area contributed by atoms with E-state index in [0.717, 1.165) is 36.0 Å². The van der Waals surface area contributed by atoms with Crippen LogP contribution < -0.4 is 10.6 Å². The second kappa shape index (κ2) is 12.8. The van der Waals surface area contributed by atoms with Crippen molar-refractivity contribution >= 4 is 17.7 Å². The maximum atomic E-state index is 14.0. The van der Waals surface area contributed by atoms with Crippen LogP contribution in [0.4, 0.5) is 0 Å². The lowest BCUT2D eigenvalue weighted by molar-refractivity contribution is -0.143. The first-order valence-corrected chi connectivity index (χ1v) is 16.5. The molecule has 3 fully saturated rings. The second-order valence-electron chi connectivity index (χ2n) is 14.8. The Balaban J connectivity index is 1.28. The topological polar surface area (TPSA) is 78.5 Å². The fourth-order valence-corrected chi connectivity index (χ4v) is 7.18. The summed E-state index contributed by atoms with van der Waals surface area (Å²) in [6.07, 6.45) is 4.29. The molecule has 3 aromatic rings. The molecule has 0 aliphatic heterocycles. The van der Waals surface area contributed by atoms with Crippen LogP contribution in [0.5, 0.6) is 0 Å². The maximum absolute atomic E-state index is 14.0. The number of hydrogen-bond acceptors (Lipinski definition) is 3. The van der Waals surface area contributed by atoms with Crippen molar-refractivity contribution in [3.05, 3.63) is 95.6 Å².